The molecule has 3 aromatic rings. The normalized spacial score (nSPS) is 15.5. The van der Waals surface area contributed by atoms with Crippen LogP contribution in [0.5, 0.6) is 0 Å². The molecule has 2 heterocycles. The van der Waals surface area contributed by atoms with E-state index < -0.39 is 0 Å². The fraction of sp³-hybridized carbons (Fsp3) is 0.227. The highest BCUT2D eigenvalue weighted by Crippen LogP contribution is 2.31. The molecule has 1 aliphatic rings. The molecule has 2 nitrogen and oxygen atoms in total. The van der Waals surface area contributed by atoms with Crippen LogP contribution in [-0.2, 0) is 6.42 Å². The Labute approximate surface area is 143 Å². The van der Waals surface area contributed by atoms with Crippen LogP contribution in [0.25, 0.3) is 17.2 Å². The maximum Gasteiger partial charge on any atom is 0.210 e. The number of allylic oxidation sites excluding steroid dienone is 1. The van der Waals surface area contributed by atoms with Crippen LogP contribution in [0.3, 0.4) is 0 Å². The van der Waals surface area contributed by atoms with E-state index in [-0.39, 0.29) is 0 Å². The second-order valence-electron chi connectivity index (χ2n) is 6.70. The van der Waals surface area contributed by atoms with E-state index in [1.54, 1.807) is 0 Å². The Morgan fingerprint density at radius 2 is 1.75 bits per heavy atom. The summed E-state index contributed by atoms with van der Waals surface area (Å²) in [5.41, 5.74) is 8.08. The molecule has 1 aliphatic carbocycles. The molecule has 0 radical (unpaired) electrons. The van der Waals surface area contributed by atoms with Crippen molar-refractivity contribution in [3.05, 3.63) is 77.6 Å². The molecule has 2 aromatic heterocycles. The number of nitrogens with zero attached hydrogens (tertiary/aromatic N) is 2. The lowest BCUT2D eigenvalue weighted by molar-refractivity contribution is -0.522. The molecule has 0 amide bonds. The molecule has 0 aliphatic heterocycles. The van der Waals surface area contributed by atoms with Gasteiger partial charge in [0.05, 0.1) is 0 Å². The zero-order valence-electron chi connectivity index (χ0n) is 14.4. The minimum absolute atomic E-state index is 1.15. The summed E-state index contributed by atoms with van der Waals surface area (Å²) in [6, 6.07) is 19.7. The number of fused-ring (bicyclic) bond motifs is 3. The quantitative estimate of drug-likeness (QED) is 0.637. The fourth-order valence-electron chi connectivity index (χ4n) is 3.58. The van der Waals surface area contributed by atoms with E-state index in [1.165, 1.54) is 40.0 Å². The highest BCUT2D eigenvalue weighted by atomic mass is 15.1. The Balaban J connectivity index is 1.77. The summed E-state index contributed by atoms with van der Waals surface area (Å²) in [5.74, 6) is 0. The molecular formula is C22H23N2+. The monoisotopic (exact) mass is 315 g/mol. The highest BCUT2D eigenvalue weighted by Gasteiger charge is 2.22. The smallest absolute Gasteiger partial charge is 0.210 e. The standard InChI is InChI=1S/C22H23N2/c1-23(2)19-11-9-17(10-12-19)16-18-6-5-8-22-21(18)14-13-20-7-3-4-15-24(20)22/h3-4,7,9-16H,5-6,8H2,1-2H3/q+1. The average Bonchev–Trinajstić information content (AvgIpc) is 2.62. The van der Waals surface area contributed by atoms with Gasteiger partial charge in [0.25, 0.3) is 0 Å². The van der Waals surface area contributed by atoms with Gasteiger partial charge >= 0.3 is 0 Å². The van der Waals surface area contributed by atoms with Gasteiger partial charge in [-0.25, -0.2) is 0 Å². The number of rotatable bonds is 2. The highest BCUT2D eigenvalue weighted by molar-refractivity contribution is 5.83. The summed E-state index contributed by atoms with van der Waals surface area (Å²) >= 11 is 0. The van der Waals surface area contributed by atoms with Gasteiger partial charge in [0.15, 0.2) is 11.9 Å². The van der Waals surface area contributed by atoms with E-state index in [4.69, 9.17) is 0 Å². The second-order valence-corrected chi connectivity index (χ2v) is 6.70. The summed E-state index contributed by atoms with van der Waals surface area (Å²) < 4.78 is 2.34. The predicted molar refractivity (Wildman–Crippen MR) is 101 cm³/mol. The first-order valence-corrected chi connectivity index (χ1v) is 8.63. The van der Waals surface area contributed by atoms with Gasteiger partial charge in [0, 0.05) is 50.0 Å². The van der Waals surface area contributed by atoms with Gasteiger partial charge in [-0.2, -0.15) is 4.40 Å². The first-order valence-electron chi connectivity index (χ1n) is 8.63. The zero-order chi connectivity index (χ0) is 16.5. The van der Waals surface area contributed by atoms with Gasteiger partial charge in [0.1, 0.15) is 0 Å². The van der Waals surface area contributed by atoms with Crippen molar-refractivity contribution in [1.82, 2.24) is 0 Å². The Hall–Kier alpha value is -2.61. The van der Waals surface area contributed by atoms with Gasteiger partial charge in [0.2, 0.25) is 5.52 Å². The number of hydrogen-bond donors (Lipinski definition) is 0. The molecular weight excluding hydrogens is 292 g/mol. The van der Waals surface area contributed by atoms with Crippen LogP contribution < -0.4 is 9.30 Å². The van der Waals surface area contributed by atoms with Crippen LogP contribution in [0, 0.1) is 0 Å². The van der Waals surface area contributed by atoms with E-state index in [0.29, 0.717) is 0 Å². The fourth-order valence-corrected chi connectivity index (χ4v) is 3.58. The van der Waals surface area contributed by atoms with Crippen LogP contribution >= 0.6 is 0 Å². The van der Waals surface area contributed by atoms with Crippen molar-refractivity contribution in [2.75, 3.05) is 19.0 Å². The number of pyridine rings is 2. The minimum atomic E-state index is 1.15. The largest absolute Gasteiger partial charge is 0.378 e. The Bertz CT molecular complexity index is 905. The number of benzene rings is 1. The molecule has 120 valence electrons. The molecule has 0 saturated carbocycles. The van der Waals surface area contributed by atoms with Crippen molar-refractivity contribution < 1.29 is 4.40 Å². The van der Waals surface area contributed by atoms with E-state index in [9.17, 15) is 0 Å². The van der Waals surface area contributed by atoms with Gasteiger partial charge < -0.3 is 4.90 Å². The summed E-state index contributed by atoms with van der Waals surface area (Å²) in [6.07, 6.45) is 8.06. The third-order valence-electron chi connectivity index (χ3n) is 4.87. The van der Waals surface area contributed by atoms with Crippen LogP contribution in [0.1, 0.15) is 29.7 Å². The molecule has 1 aromatic carbocycles. The van der Waals surface area contributed by atoms with Crippen molar-refractivity contribution in [3.8, 4) is 0 Å². The number of aryl methyl sites for hydroxylation is 1. The van der Waals surface area contributed by atoms with Crippen LogP contribution in [-0.4, -0.2) is 14.1 Å². The molecule has 0 atom stereocenters. The number of anilines is 1. The molecule has 0 fully saturated rings. The Kier molecular flexibility index (Phi) is 3.81. The zero-order valence-corrected chi connectivity index (χ0v) is 14.4. The van der Waals surface area contributed by atoms with Crippen LogP contribution in [0.15, 0.2) is 60.8 Å². The lowest BCUT2D eigenvalue weighted by Crippen LogP contribution is -2.30. The summed E-state index contributed by atoms with van der Waals surface area (Å²) in [4.78, 5) is 2.13. The average molecular weight is 315 g/mol. The van der Waals surface area contributed by atoms with Crippen LogP contribution in [0.4, 0.5) is 5.69 Å². The molecule has 4 rings (SSSR count). The Morgan fingerprint density at radius 3 is 2.54 bits per heavy atom. The molecule has 0 spiro atoms. The van der Waals surface area contributed by atoms with Crippen molar-refractivity contribution >= 4 is 22.9 Å². The van der Waals surface area contributed by atoms with Gasteiger partial charge in [-0.05, 0) is 48.2 Å². The predicted octanol–water partition coefficient (Wildman–Crippen LogP) is 4.37. The van der Waals surface area contributed by atoms with Crippen molar-refractivity contribution in [2.45, 2.75) is 19.3 Å². The van der Waals surface area contributed by atoms with Gasteiger partial charge in [-0.3, -0.25) is 0 Å². The molecule has 0 bridgehead atoms. The van der Waals surface area contributed by atoms with Crippen LogP contribution in [0.2, 0.25) is 0 Å². The lowest BCUT2D eigenvalue weighted by atomic mass is 9.89. The van der Waals surface area contributed by atoms with E-state index in [2.05, 4.69) is 90.3 Å². The molecule has 0 N–H and O–H groups in total. The molecule has 0 saturated heterocycles. The number of aromatic nitrogens is 1. The van der Waals surface area contributed by atoms with Crippen molar-refractivity contribution in [1.29, 1.82) is 0 Å². The van der Waals surface area contributed by atoms with Gasteiger partial charge in [-0.15, -0.1) is 0 Å². The summed E-state index contributed by atoms with van der Waals surface area (Å²) in [6.45, 7) is 0. The molecule has 2 heteroatoms. The van der Waals surface area contributed by atoms with E-state index in [0.717, 1.165) is 12.8 Å². The van der Waals surface area contributed by atoms with E-state index in [1.807, 2.05) is 0 Å². The SMILES string of the molecule is CN(C)c1ccc(C=C2CCCc3c2ccc2cccc[n+]32)cc1. The third kappa shape index (κ3) is 2.69. The summed E-state index contributed by atoms with van der Waals surface area (Å²) in [7, 11) is 4.15. The maximum atomic E-state index is 2.35. The Morgan fingerprint density at radius 1 is 0.917 bits per heavy atom. The minimum Gasteiger partial charge on any atom is -0.378 e. The second kappa shape index (κ2) is 6.12. The molecule has 0 unspecified atom stereocenters. The maximum absolute atomic E-state index is 2.35. The first-order chi connectivity index (χ1) is 11.7. The van der Waals surface area contributed by atoms with E-state index >= 15 is 0 Å². The summed E-state index contributed by atoms with van der Waals surface area (Å²) in [5, 5.41) is 0. The lowest BCUT2D eigenvalue weighted by Gasteiger charge is -2.16. The first kappa shape index (κ1) is 14.9. The van der Waals surface area contributed by atoms with Gasteiger partial charge in [-0.1, -0.05) is 18.2 Å². The number of hydrogen-bond acceptors (Lipinski definition) is 1. The molecule has 24 heavy (non-hydrogen) atoms. The van der Waals surface area contributed by atoms with Crippen molar-refractivity contribution in [2.24, 2.45) is 0 Å². The third-order valence-corrected chi connectivity index (χ3v) is 4.87. The topological polar surface area (TPSA) is 7.34 Å². The van der Waals surface area contributed by atoms with Crippen molar-refractivity contribution in [3.63, 3.8) is 0 Å².